The second-order valence-electron chi connectivity index (χ2n) is 4.67. The van der Waals surface area contributed by atoms with Crippen LogP contribution in [-0.4, -0.2) is 50.8 Å². The molecule has 1 aliphatic heterocycles. The Morgan fingerprint density at radius 1 is 1.38 bits per heavy atom. The van der Waals surface area contributed by atoms with Gasteiger partial charge in [-0.15, -0.1) is 0 Å². The van der Waals surface area contributed by atoms with Crippen molar-refractivity contribution in [2.45, 2.75) is 33.1 Å². The Morgan fingerprint density at radius 2 is 2.25 bits per heavy atom. The molecule has 0 aromatic rings. The van der Waals surface area contributed by atoms with Crippen molar-refractivity contribution >= 4 is 0 Å². The summed E-state index contributed by atoms with van der Waals surface area (Å²) in [6, 6.07) is 0. The lowest BCUT2D eigenvalue weighted by molar-refractivity contribution is 0.117. The highest BCUT2D eigenvalue weighted by Gasteiger charge is 2.18. The lowest BCUT2D eigenvalue weighted by Gasteiger charge is -2.32. The highest BCUT2D eigenvalue weighted by atomic mass is 16.5. The zero-order chi connectivity index (χ0) is 11.6. The van der Waals surface area contributed by atoms with Gasteiger partial charge in [-0.1, -0.05) is 6.92 Å². The highest BCUT2D eigenvalue weighted by Crippen LogP contribution is 2.15. The number of ether oxygens (including phenoxy) is 1. The van der Waals surface area contributed by atoms with Gasteiger partial charge in [0.25, 0.3) is 0 Å². The standard InChI is InChI=1S/C13H28N2O/c1-3-14-11-13-7-5-8-15(12-13)9-6-10-16-4-2/h13-14H,3-12H2,1-2H3. The van der Waals surface area contributed by atoms with Crippen LogP contribution in [0.1, 0.15) is 33.1 Å². The molecule has 0 aliphatic carbocycles. The van der Waals surface area contributed by atoms with Gasteiger partial charge >= 0.3 is 0 Å². The number of nitrogens with one attached hydrogen (secondary N) is 1. The van der Waals surface area contributed by atoms with Crippen LogP contribution in [0.5, 0.6) is 0 Å². The molecule has 16 heavy (non-hydrogen) atoms. The maximum absolute atomic E-state index is 5.38. The Hall–Kier alpha value is -0.120. The van der Waals surface area contributed by atoms with Crippen molar-refractivity contribution in [1.82, 2.24) is 10.2 Å². The lowest BCUT2D eigenvalue weighted by Crippen LogP contribution is -2.40. The molecule has 1 fully saturated rings. The van der Waals surface area contributed by atoms with Gasteiger partial charge in [0.15, 0.2) is 0 Å². The SMILES string of the molecule is CCNCC1CCCN(CCCOCC)C1. The third kappa shape index (κ3) is 5.83. The molecule has 0 amide bonds. The number of hydrogen-bond donors (Lipinski definition) is 1. The largest absolute Gasteiger partial charge is 0.382 e. The van der Waals surface area contributed by atoms with Crippen LogP contribution in [0, 0.1) is 5.92 Å². The Morgan fingerprint density at radius 3 is 3.00 bits per heavy atom. The molecule has 0 spiro atoms. The lowest BCUT2D eigenvalue weighted by atomic mass is 9.98. The van der Waals surface area contributed by atoms with Crippen molar-refractivity contribution in [3.8, 4) is 0 Å². The van der Waals surface area contributed by atoms with Gasteiger partial charge in [-0.2, -0.15) is 0 Å². The first kappa shape index (κ1) is 13.9. The predicted molar refractivity (Wildman–Crippen MR) is 68.8 cm³/mol. The molecule has 1 rings (SSSR count). The normalized spacial score (nSPS) is 22.5. The summed E-state index contributed by atoms with van der Waals surface area (Å²) in [5, 5.41) is 3.46. The predicted octanol–water partition coefficient (Wildman–Crippen LogP) is 1.73. The van der Waals surface area contributed by atoms with Crippen LogP contribution in [0.15, 0.2) is 0 Å². The van der Waals surface area contributed by atoms with Gasteiger partial charge in [0.2, 0.25) is 0 Å². The van der Waals surface area contributed by atoms with Gasteiger partial charge < -0.3 is 15.0 Å². The third-order valence-corrected chi connectivity index (χ3v) is 3.25. The monoisotopic (exact) mass is 228 g/mol. The third-order valence-electron chi connectivity index (χ3n) is 3.25. The van der Waals surface area contributed by atoms with Crippen molar-refractivity contribution in [3.63, 3.8) is 0 Å². The molecule has 3 heteroatoms. The molecule has 0 saturated carbocycles. The zero-order valence-corrected chi connectivity index (χ0v) is 11.0. The maximum atomic E-state index is 5.38. The summed E-state index contributed by atoms with van der Waals surface area (Å²) < 4.78 is 5.38. The molecule has 1 saturated heterocycles. The van der Waals surface area contributed by atoms with E-state index in [4.69, 9.17) is 4.74 Å². The molecular weight excluding hydrogens is 200 g/mol. The average molecular weight is 228 g/mol. The maximum Gasteiger partial charge on any atom is 0.0478 e. The average Bonchev–Trinajstić information content (AvgIpc) is 2.33. The molecule has 0 radical (unpaired) electrons. The van der Waals surface area contributed by atoms with Gasteiger partial charge in [-0.3, -0.25) is 0 Å². The quantitative estimate of drug-likeness (QED) is 0.640. The molecular formula is C13H28N2O. The number of rotatable bonds is 8. The minimum absolute atomic E-state index is 0.850. The number of likely N-dealkylation sites (tertiary alicyclic amines) is 1. The summed E-state index contributed by atoms with van der Waals surface area (Å²) >= 11 is 0. The molecule has 0 bridgehead atoms. The molecule has 96 valence electrons. The van der Waals surface area contributed by atoms with Crippen LogP contribution >= 0.6 is 0 Å². The molecule has 1 heterocycles. The van der Waals surface area contributed by atoms with Crippen LogP contribution in [0.3, 0.4) is 0 Å². The first-order chi connectivity index (χ1) is 7.86. The molecule has 1 atom stereocenters. The minimum Gasteiger partial charge on any atom is -0.382 e. The van der Waals surface area contributed by atoms with E-state index in [2.05, 4.69) is 24.1 Å². The molecule has 1 N–H and O–H groups in total. The molecule has 0 aromatic heterocycles. The van der Waals surface area contributed by atoms with Crippen molar-refractivity contribution in [2.24, 2.45) is 5.92 Å². The summed E-state index contributed by atoms with van der Waals surface area (Å²) in [4.78, 5) is 2.60. The molecule has 1 unspecified atom stereocenters. The van der Waals surface area contributed by atoms with Crippen LogP contribution < -0.4 is 5.32 Å². The van der Waals surface area contributed by atoms with E-state index in [0.717, 1.165) is 25.7 Å². The number of hydrogen-bond acceptors (Lipinski definition) is 3. The summed E-state index contributed by atoms with van der Waals surface area (Å²) in [7, 11) is 0. The summed E-state index contributed by atoms with van der Waals surface area (Å²) in [6.07, 6.45) is 3.95. The van der Waals surface area contributed by atoms with Crippen molar-refractivity contribution in [1.29, 1.82) is 0 Å². The van der Waals surface area contributed by atoms with E-state index in [0.29, 0.717) is 0 Å². The van der Waals surface area contributed by atoms with E-state index >= 15 is 0 Å². The van der Waals surface area contributed by atoms with Crippen LogP contribution in [0.25, 0.3) is 0 Å². The van der Waals surface area contributed by atoms with Crippen molar-refractivity contribution in [2.75, 3.05) is 45.9 Å². The van der Waals surface area contributed by atoms with Crippen molar-refractivity contribution in [3.05, 3.63) is 0 Å². The topological polar surface area (TPSA) is 24.5 Å². The van der Waals surface area contributed by atoms with Crippen LogP contribution in [-0.2, 0) is 4.74 Å². The van der Waals surface area contributed by atoms with E-state index in [1.54, 1.807) is 0 Å². The summed E-state index contributed by atoms with van der Waals surface area (Å²) in [5.74, 6) is 0.862. The molecule has 0 aromatic carbocycles. The van der Waals surface area contributed by atoms with Gasteiger partial charge in [-0.25, -0.2) is 0 Å². The van der Waals surface area contributed by atoms with E-state index < -0.39 is 0 Å². The first-order valence-electron chi connectivity index (χ1n) is 6.87. The Kier molecular flexibility index (Phi) is 7.81. The number of piperidine rings is 1. The smallest absolute Gasteiger partial charge is 0.0478 e. The fourth-order valence-corrected chi connectivity index (χ4v) is 2.40. The van der Waals surface area contributed by atoms with E-state index in [1.807, 2.05) is 0 Å². The highest BCUT2D eigenvalue weighted by molar-refractivity contribution is 4.74. The van der Waals surface area contributed by atoms with E-state index in [-0.39, 0.29) is 0 Å². The van der Waals surface area contributed by atoms with Crippen LogP contribution in [0.4, 0.5) is 0 Å². The summed E-state index contributed by atoms with van der Waals surface area (Å²) in [5.41, 5.74) is 0. The van der Waals surface area contributed by atoms with Crippen molar-refractivity contribution < 1.29 is 4.74 Å². The van der Waals surface area contributed by atoms with Gasteiger partial charge in [0.05, 0.1) is 0 Å². The van der Waals surface area contributed by atoms with Gasteiger partial charge in [0.1, 0.15) is 0 Å². The second-order valence-corrected chi connectivity index (χ2v) is 4.67. The van der Waals surface area contributed by atoms with E-state index in [9.17, 15) is 0 Å². The Bertz CT molecular complexity index is 164. The summed E-state index contributed by atoms with van der Waals surface area (Å²) in [6.45, 7) is 12.1. The fourth-order valence-electron chi connectivity index (χ4n) is 2.40. The van der Waals surface area contributed by atoms with Crippen LogP contribution in [0.2, 0.25) is 0 Å². The first-order valence-corrected chi connectivity index (χ1v) is 6.87. The number of nitrogens with zero attached hydrogens (tertiary/aromatic N) is 1. The second kappa shape index (κ2) is 8.97. The van der Waals surface area contributed by atoms with Gasteiger partial charge in [-0.05, 0) is 51.7 Å². The Balaban J connectivity index is 2.07. The molecule has 3 nitrogen and oxygen atoms in total. The van der Waals surface area contributed by atoms with E-state index in [1.165, 1.54) is 45.4 Å². The van der Waals surface area contributed by atoms with Gasteiger partial charge in [0, 0.05) is 26.3 Å². The minimum atomic E-state index is 0.850. The fraction of sp³-hybridized carbons (Fsp3) is 1.00. The zero-order valence-electron chi connectivity index (χ0n) is 11.0. The molecule has 1 aliphatic rings. The Labute approximate surface area is 101 Å².